The average molecular weight is 231 g/mol. The molecular formula is C12H13N3O2. The van der Waals surface area contributed by atoms with E-state index in [0.717, 1.165) is 17.8 Å². The molecule has 1 heterocycles. The van der Waals surface area contributed by atoms with Gasteiger partial charge in [0, 0.05) is 37.5 Å². The number of benzene rings is 1. The fourth-order valence-electron chi connectivity index (χ4n) is 1.72. The zero-order valence-corrected chi connectivity index (χ0v) is 9.54. The van der Waals surface area contributed by atoms with Gasteiger partial charge in [-0.2, -0.15) is 0 Å². The number of hydrogen-bond donors (Lipinski definition) is 0. The van der Waals surface area contributed by atoms with Crippen molar-refractivity contribution in [3.05, 3.63) is 58.2 Å². The van der Waals surface area contributed by atoms with Gasteiger partial charge in [-0.1, -0.05) is 19.1 Å². The van der Waals surface area contributed by atoms with Gasteiger partial charge in [0.1, 0.15) is 5.82 Å². The first kappa shape index (κ1) is 11.3. The lowest BCUT2D eigenvalue weighted by Crippen LogP contribution is -2.03. The predicted molar refractivity (Wildman–Crippen MR) is 63.8 cm³/mol. The Bertz CT molecular complexity index is 517. The van der Waals surface area contributed by atoms with E-state index in [2.05, 4.69) is 11.9 Å². The number of rotatable bonds is 4. The van der Waals surface area contributed by atoms with Crippen molar-refractivity contribution < 1.29 is 4.92 Å². The van der Waals surface area contributed by atoms with Crippen molar-refractivity contribution in [2.24, 2.45) is 0 Å². The molecule has 0 saturated heterocycles. The van der Waals surface area contributed by atoms with E-state index in [0.29, 0.717) is 6.54 Å². The number of nitro groups is 1. The minimum Gasteiger partial charge on any atom is -0.331 e. The first-order chi connectivity index (χ1) is 8.20. The second-order valence-electron chi connectivity index (χ2n) is 3.75. The van der Waals surface area contributed by atoms with Crippen LogP contribution in [0.2, 0.25) is 0 Å². The molecule has 0 N–H and O–H groups in total. The highest BCUT2D eigenvalue weighted by atomic mass is 16.6. The molecule has 0 amide bonds. The smallest absolute Gasteiger partial charge is 0.269 e. The lowest BCUT2D eigenvalue weighted by Gasteiger charge is -2.06. The Morgan fingerprint density at radius 2 is 2.06 bits per heavy atom. The zero-order valence-electron chi connectivity index (χ0n) is 9.54. The van der Waals surface area contributed by atoms with Crippen molar-refractivity contribution in [1.29, 1.82) is 0 Å². The van der Waals surface area contributed by atoms with Gasteiger partial charge in [-0.15, -0.1) is 0 Å². The van der Waals surface area contributed by atoms with E-state index in [1.54, 1.807) is 18.3 Å². The van der Waals surface area contributed by atoms with Gasteiger partial charge in [0.25, 0.3) is 5.69 Å². The van der Waals surface area contributed by atoms with E-state index in [-0.39, 0.29) is 5.69 Å². The first-order valence-corrected chi connectivity index (χ1v) is 5.44. The van der Waals surface area contributed by atoms with Crippen LogP contribution >= 0.6 is 0 Å². The maximum absolute atomic E-state index is 10.5. The summed E-state index contributed by atoms with van der Waals surface area (Å²) in [6, 6.07) is 6.60. The van der Waals surface area contributed by atoms with Gasteiger partial charge >= 0.3 is 0 Å². The molecule has 0 bridgehead atoms. The van der Waals surface area contributed by atoms with Crippen molar-refractivity contribution in [2.45, 2.75) is 19.9 Å². The second-order valence-corrected chi connectivity index (χ2v) is 3.75. The maximum Gasteiger partial charge on any atom is 0.269 e. The Hall–Kier alpha value is -2.17. The van der Waals surface area contributed by atoms with Gasteiger partial charge in [-0.3, -0.25) is 10.1 Å². The van der Waals surface area contributed by atoms with Crippen LogP contribution in [-0.4, -0.2) is 14.5 Å². The molecule has 5 heteroatoms. The summed E-state index contributed by atoms with van der Waals surface area (Å²) in [6.07, 6.45) is 4.56. The van der Waals surface area contributed by atoms with Crippen LogP contribution < -0.4 is 0 Å². The first-order valence-electron chi connectivity index (χ1n) is 5.44. The summed E-state index contributed by atoms with van der Waals surface area (Å²) in [6.45, 7) is 2.75. The van der Waals surface area contributed by atoms with Crippen LogP contribution in [0.25, 0.3) is 0 Å². The molecule has 0 aliphatic carbocycles. The lowest BCUT2D eigenvalue weighted by atomic mass is 10.2. The van der Waals surface area contributed by atoms with Gasteiger partial charge in [0.2, 0.25) is 0 Å². The molecule has 0 aliphatic rings. The van der Waals surface area contributed by atoms with E-state index in [4.69, 9.17) is 0 Å². The van der Waals surface area contributed by atoms with Gasteiger partial charge in [-0.25, -0.2) is 4.98 Å². The topological polar surface area (TPSA) is 61.0 Å². The van der Waals surface area contributed by atoms with E-state index in [1.165, 1.54) is 12.1 Å². The van der Waals surface area contributed by atoms with Crippen molar-refractivity contribution >= 4 is 5.69 Å². The van der Waals surface area contributed by atoms with Crippen LogP contribution in [-0.2, 0) is 13.0 Å². The van der Waals surface area contributed by atoms with Crippen molar-refractivity contribution in [3.8, 4) is 0 Å². The molecule has 5 nitrogen and oxygen atoms in total. The van der Waals surface area contributed by atoms with Crippen molar-refractivity contribution in [1.82, 2.24) is 9.55 Å². The van der Waals surface area contributed by atoms with E-state index in [9.17, 15) is 10.1 Å². The average Bonchev–Trinajstić information content (AvgIpc) is 2.77. The molecule has 0 fully saturated rings. The number of imidazole rings is 1. The monoisotopic (exact) mass is 231 g/mol. The zero-order chi connectivity index (χ0) is 12.3. The minimum atomic E-state index is -0.390. The normalized spacial score (nSPS) is 10.4. The third kappa shape index (κ3) is 2.50. The van der Waals surface area contributed by atoms with Crippen molar-refractivity contribution in [2.75, 3.05) is 0 Å². The Labute approximate surface area is 98.9 Å². The molecular weight excluding hydrogens is 218 g/mol. The van der Waals surface area contributed by atoms with Gasteiger partial charge in [0.15, 0.2) is 0 Å². The number of hydrogen-bond acceptors (Lipinski definition) is 3. The minimum absolute atomic E-state index is 0.120. The summed E-state index contributed by atoms with van der Waals surface area (Å²) >= 11 is 0. The molecule has 17 heavy (non-hydrogen) atoms. The van der Waals surface area contributed by atoms with Crippen LogP contribution in [0, 0.1) is 10.1 Å². The van der Waals surface area contributed by atoms with E-state index < -0.39 is 4.92 Å². The van der Waals surface area contributed by atoms with Crippen LogP contribution in [0.15, 0.2) is 36.7 Å². The Morgan fingerprint density at radius 3 is 2.65 bits per heavy atom. The molecule has 1 aromatic heterocycles. The molecule has 2 aromatic rings. The summed E-state index contributed by atoms with van der Waals surface area (Å²) in [5.41, 5.74) is 1.15. The number of nitrogens with zero attached hydrogens (tertiary/aromatic N) is 3. The highest BCUT2D eigenvalue weighted by molar-refractivity contribution is 5.33. The van der Waals surface area contributed by atoms with Gasteiger partial charge < -0.3 is 4.57 Å². The van der Waals surface area contributed by atoms with E-state index in [1.807, 2.05) is 10.8 Å². The summed E-state index contributed by atoms with van der Waals surface area (Å²) in [4.78, 5) is 14.4. The van der Waals surface area contributed by atoms with Crippen LogP contribution in [0.5, 0.6) is 0 Å². The van der Waals surface area contributed by atoms with Gasteiger partial charge in [-0.05, 0) is 5.56 Å². The number of non-ortho nitro benzene ring substituents is 1. The second kappa shape index (κ2) is 4.78. The molecule has 1 aromatic carbocycles. The molecule has 0 radical (unpaired) electrons. The van der Waals surface area contributed by atoms with Crippen LogP contribution in [0.1, 0.15) is 18.3 Å². The maximum atomic E-state index is 10.5. The number of aromatic nitrogens is 2. The summed E-state index contributed by atoms with van der Waals surface area (Å²) in [5, 5.41) is 10.5. The van der Waals surface area contributed by atoms with Crippen LogP contribution in [0.4, 0.5) is 5.69 Å². The quantitative estimate of drug-likeness (QED) is 0.599. The largest absolute Gasteiger partial charge is 0.331 e. The fourth-order valence-corrected chi connectivity index (χ4v) is 1.72. The van der Waals surface area contributed by atoms with E-state index >= 15 is 0 Å². The highest BCUT2D eigenvalue weighted by Crippen LogP contribution is 2.13. The lowest BCUT2D eigenvalue weighted by molar-refractivity contribution is -0.384. The SMILES string of the molecule is CCc1nccn1Cc1ccc([N+](=O)[O-])cc1. The predicted octanol–water partition coefficient (Wildman–Crippen LogP) is 2.40. The van der Waals surface area contributed by atoms with Crippen LogP contribution in [0.3, 0.4) is 0 Å². The third-order valence-electron chi connectivity index (χ3n) is 2.62. The molecule has 0 atom stereocenters. The molecule has 88 valence electrons. The number of nitro benzene ring substituents is 1. The molecule has 0 aliphatic heterocycles. The Balaban J connectivity index is 2.16. The Kier molecular flexibility index (Phi) is 3.18. The van der Waals surface area contributed by atoms with Crippen molar-refractivity contribution in [3.63, 3.8) is 0 Å². The molecule has 0 spiro atoms. The molecule has 0 saturated carbocycles. The summed E-state index contributed by atoms with van der Waals surface area (Å²) in [7, 11) is 0. The summed E-state index contributed by atoms with van der Waals surface area (Å²) in [5.74, 6) is 1.02. The third-order valence-corrected chi connectivity index (χ3v) is 2.62. The summed E-state index contributed by atoms with van der Waals surface area (Å²) < 4.78 is 2.04. The van der Waals surface area contributed by atoms with Gasteiger partial charge in [0.05, 0.1) is 4.92 Å². The standard InChI is InChI=1S/C12H13N3O2/c1-2-12-13-7-8-14(12)9-10-3-5-11(6-4-10)15(16)17/h3-8H,2,9H2,1H3. The molecule has 0 unspecified atom stereocenters. The highest BCUT2D eigenvalue weighted by Gasteiger charge is 2.05. The fraction of sp³-hybridized carbons (Fsp3) is 0.250. The number of aryl methyl sites for hydroxylation is 1. The Morgan fingerprint density at radius 1 is 1.35 bits per heavy atom. The molecule has 2 rings (SSSR count).